The third-order valence-corrected chi connectivity index (χ3v) is 7.45. The van der Waals surface area contributed by atoms with E-state index < -0.39 is 5.54 Å². The third-order valence-electron chi connectivity index (χ3n) is 6.33. The zero-order valence-electron chi connectivity index (χ0n) is 19.5. The molecule has 0 fully saturated rings. The van der Waals surface area contributed by atoms with Crippen LogP contribution in [0.3, 0.4) is 0 Å². The minimum Gasteiger partial charge on any atom is -0.350 e. The number of carbonyl (C=O) groups excluding carboxylic acids is 2. The van der Waals surface area contributed by atoms with Crippen molar-refractivity contribution >= 4 is 34.8 Å². The molecule has 2 aromatic heterocycles. The minimum atomic E-state index is -1.14. The highest BCUT2D eigenvalue weighted by Gasteiger charge is 2.48. The van der Waals surface area contributed by atoms with Crippen LogP contribution in [0, 0.1) is 6.92 Å². The van der Waals surface area contributed by atoms with Gasteiger partial charge in [0.05, 0.1) is 11.4 Å². The van der Waals surface area contributed by atoms with Gasteiger partial charge in [0, 0.05) is 18.1 Å². The molecule has 0 aliphatic carbocycles. The molecule has 6 nitrogen and oxygen atoms in total. The summed E-state index contributed by atoms with van der Waals surface area (Å²) in [7, 11) is 0. The second-order valence-electron chi connectivity index (χ2n) is 9.02. The van der Waals surface area contributed by atoms with Crippen molar-refractivity contribution in [2.24, 2.45) is 0 Å². The monoisotopic (exact) mass is 504 g/mol. The van der Waals surface area contributed by atoms with Crippen LogP contribution in [-0.2, 0) is 24.4 Å². The molecule has 0 radical (unpaired) electrons. The molecule has 1 unspecified atom stereocenters. The Balaban J connectivity index is 1.49. The molecule has 0 saturated carbocycles. The molecule has 2 amide bonds. The number of amides is 2. The molecule has 0 spiro atoms. The predicted molar refractivity (Wildman–Crippen MR) is 138 cm³/mol. The summed E-state index contributed by atoms with van der Waals surface area (Å²) in [5, 5.41) is 10.3. The lowest BCUT2D eigenvalue weighted by Crippen LogP contribution is -2.63. The summed E-state index contributed by atoms with van der Waals surface area (Å²) < 4.78 is 1.66. The van der Waals surface area contributed by atoms with E-state index in [2.05, 4.69) is 10.4 Å². The highest BCUT2D eigenvalue weighted by atomic mass is 35.5. The van der Waals surface area contributed by atoms with Gasteiger partial charge >= 0.3 is 0 Å². The van der Waals surface area contributed by atoms with Gasteiger partial charge in [0.1, 0.15) is 16.9 Å². The fourth-order valence-electron chi connectivity index (χ4n) is 4.45. The first-order valence-corrected chi connectivity index (χ1v) is 12.6. The summed E-state index contributed by atoms with van der Waals surface area (Å²) >= 11 is 7.77. The Bertz CT molecular complexity index is 1400. The average molecular weight is 505 g/mol. The normalized spacial score (nSPS) is 17.3. The molecule has 8 heteroatoms. The van der Waals surface area contributed by atoms with E-state index in [1.54, 1.807) is 33.9 Å². The standard InChI is InChI=1S/C27H25ClN4O2S/c1-18-6-3-7-19(12-18)15-29-26(34)27(2)17-32-23(14-22(30-32)24-10-5-11-35-24)25(33)31(27)16-20-8-4-9-21(28)13-20/h3-14H,15-17H2,1-2H3,(H,29,34). The van der Waals surface area contributed by atoms with Gasteiger partial charge in [-0.05, 0) is 54.6 Å². The van der Waals surface area contributed by atoms with Crippen molar-refractivity contribution in [1.82, 2.24) is 20.0 Å². The Morgan fingerprint density at radius 3 is 2.66 bits per heavy atom. The first kappa shape index (κ1) is 23.3. The van der Waals surface area contributed by atoms with Gasteiger partial charge < -0.3 is 10.2 Å². The van der Waals surface area contributed by atoms with E-state index in [9.17, 15) is 9.59 Å². The molecular formula is C27H25ClN4O2S. The Kier molecular flexibility index (Phi) is 6.21. The van der Waals surface area contributed by atoms with E-state index in [1.807, 2.05) is 73.0 Å². The quantitative estimate of drug-likeness (QED) is 0.387. The average Bonchev–Trinajstić information content (AvgIpc) is 3.50. The highest BCUT2D eigenvalue weighted by Crippen LogP contribution is 2.33. The second kappa shape index (κ2) is 9.32. The van der Waals surface area contributed by atoms with E-state index in [4.69, 9.17) is 11.6 Å². The summed E-state index contributed by atoms with van der Waals surface area (Å²) in [5.41, 5.74) is 3.05. The maximum atomic E-state index is 13.8. The molecule has 2 aromatic carbocycles. The van der Waals surface area contributed by atoms with Crippen molar-refractivity contribution < 1.29 is 9.59 Å². The van der Waals surface area contributed by atoms with Gasteiger partial charge in [0.2, 0.25) is 5.91 Å². The number of fused-ring (bicyclic) bond motifs is 1. The smallest absolute Gasteiger partial charge is 0.273 e. The van der Waals surface area contributed by atoms with Crippen LogP contribution < -0.4 is 5.32 Å². The molecule has 1 N–H and O–H groups in total. The SMILES string of the molecule is Cc1cccc(CNC(=O)C2(C)Cn3nc(-c4cccs4)cc3C(=O)N2Cc2cccc(Cl)c2)c1. The van der Waals surface area contributed by atoms with E-state index in [1.165, 1.54) is 0 Å². The van der Waals surface area contributed by atoms with Gasteiger partial charge in [0.25, 0.3) is 5.91 Å². The number of aromatic nitrogens is 2. The molecular weight excluding hydrogens is 480 g/mol. The van der Waals surface area contributed by atoms with Crippen LogP contribution in [0.25, 0.3) is 10.6 Å². The van der Waals surface area contributed by atoms with Crippen LogP contribution in [-0.4, -0.2) is 32.0 Å². The molecule has 0 bridgehead atoms. The summed E-state index contributed by atoms with van der Waals surface area (Å²) in [5.74, 6) is -0.465. The molecule has 4 aromatic rings. The number of halogens is 1. The topological polar surface area (TPSA) is 67.2 Å². The zero-order chi connectivity index (χ0) is 24.6. The fraction of sp³-hybridized carbons (Fsp3) is 0.222. The number of nitrogens with zero attached hydrogens (tertiary/aromatic N) is 3. The van der Waals surface area contributed by atoms with Crippen LogP contribution in [0.5, 0.6) is 0 Å². The zero-order valence-corrected chi connectivity index (χ0v) is 21.1. The molecule has 3 heterocycles. The maximum Gasteiger partial charge on any atom is 0.273 e. The van der Waals surface area contributed by atoms with Crippen LogP contribution >= 0.6 is 22.9 Å². The number of carbonyl (C=O) groups is 2. The summed E-state index contributed by atoms with van der Waals surface area (Å²) in [6, 6.07) is 21.1. The second-order valence-corrected chi connectivity index (χ2v) is 10.4. The number of thiophene rings is 1. The molecule has 35 heavy (non-hydrogen) atoms. The number of nitrogens with one attached hydrogen (secondary N) is 1. The lowest BCUT2D eigenvalue weighted by Gasteiger charge is -2.43. The Morgan fingerprint density at radius 2 is 1.91 bits per heavy atom. The molecule has 1 atom stereocenters. The number of rotatable bonds is 6. The minimum absolute atomic E-state index is 0.229. The molecule has 5 rings (SSSR count). The Morgan fingerprint density at radius 1 is 1.11 bits per heavy atom. The molecule has 0 saturated heterocycles. The predicted octanol–water partition coefficient (Wildman–Crippen LogP) is 5.30. The van der Waals surface area contributed by atoms with Gasteiger partial charge in [-0.15, -0.1) is 11.3 Å². The third kappa shape index (κ3) is 4.61. The van der Waals surface area contributed by atoms with Crippen molar-refractivity contribution in [3.63, 3.8) is 0 Å². The maximum absolute atomic E-state index is 13.8. The lowest BCUT2D eigenvalue weighted by molar-refractivity contribution is -0.133. The first-order chi connectivity index (χ1) is 16.8. The summed E-state index contributed by atoms with van der Waals surface area (Å²) in [6.45, 7) is 4.70. The number of hydrogen-bond donors (Lipinski definition) is 1. The van der Waals surface area contributed by atoms with Crippen molar-refractivity contribution in [2.75, 3.05) is 0 Å². The summed E-state index contributed by atoms with van der Waals surface area (Å²) in [4.78, 5) is 30.1. The van der Waals surface area contributed by atoms with Crippen LogP contribution in [0.15, 0.2) is 72.1 Å². The number of aryl methyl sites for hydroxylation is 1. The van der Waals surface area contributed by atoms with Gasteiger partial charge in [-0.2, -0.15) is 5.10 Å². The van der Waals surface area contributed by atoms with Gasteiger partial charge in [-0.3, -0.25) is 14.3 Å². The van der Waals surface area contributed by atoms with E-state index >= 15 is 0 Å². The first-order valence-electron chi connectivity index (χ1n) is 11.4. The lowest BCUT2D eigenvalue weighted by atomic mass is 9.94. The molecule has 1 aliphatic heterocycles. The van der Waals surface area contributed by atoms with Gasteiger partial charge in [-0.25, -0.2) is 0 Å². The van der Waals surface area contributed by atoms with Gasteiger partial charge in [-0.1, -0.05) is 59.6 Å². The van der Waals surface area contributed by atoms with Crippen molar-refractivity contribution in [3.05, 3.63) is 99.5 Å². The van der Waals surface area contributed by atoms with E-state index in [-0.39, 0.29) is 24.9 Å². The molecule has 178 valence electrons. The highest BCUT2D eigenvalue weighted by molar-refractivity contribution is 7.13. The Labute approximate surface area is 213 Å². The van der Waals surface area contributed by atoms with Crippen LogP contribution in [0.1, 0.15) is 34.1 Å². The van der Waals surface area contributed by atoms with Gasteiger partial charge in [0.15, 0.2) is 0 Å². The van der Waals surface area contributed by atoms with Crippen molar-refractivity contribution in [2.45, 2.75) is 39.0 Å². The van der Waals surface area contributed by atoms with Crippen molar-refractivity contribution in [1.29, 1.82) is 0 Å². The largest absolute Gasteiger partial charge is 0.350 e. The summed E-state index contributed by atoms with van der Waals surface area (Å²) in [6.07, 6.45) is 0. The van der Waals surface area contributed by atoms with Crippen molar-refractivity contribution in [3.8, 4) is 10.6 Å². The number of hydrogen-bond acceptors (Lipinski definition) is 4. The fourth-order valence-corrected chi connectivity index (χ4v) is 5.34. The molecule has 1 aliphatic rings. The van der Waals surface area contributed by atoms with E-state index in [0.29, 0.717) is 17.3 Å². The Hall–Kier alpha value is -3.42. The number of benzene rings is 2. The van der Waals surface area contributed by atoms with Crippen LogP contribution in [0.4, 0.5) is 0 Å². The van der Waals surface area contributed by atoms with E-state index in [0.717, 1.165) is 27.3 Å². The van der Waals surface area contributed by atoms with Crippen LogP contribution in [0.2, 0.25) is 5.02 Å².